The standard InChI is InChI=1S/C23H26N2O/c1-6-8-22(26)25(23-18(7-2)11-15(3)14-24-23)21-13-17(5)16(4)12-20(21)19-9-10-19/h11-14,19H,7,9-10H2,1-5H3. The highest BCUT2D eigenvalue weighted by Crippen LogP contribution is 2.46. The van der Waals surface area contributed by atoms with Crippen LogP contribution in [-0.4, -0.2) is 10.9 Å². The fraction of sp³-hybridized carbons (Fsp3) is 0.391. The van der Waals surface area contributed by atoms with Crippen LogP contribution in [0.4, 0.5) is 11.5 Å². The van der Waals surface area contributed by atoms with Crippen molar-refractivity contribution in [2.45, 2.75) is 59.8 Å². The Kier molecular flexibility index (Phi) is 5.13. The van der Waals surface area contributed by atoms with Gasteiger partial charge in [-0.15, -0.1) is 0 Å². The highest BCUT2D eigenvalue weighted by atomic mass is 16.2. The number of amides is 1. The fourth-order valence-electron chi connectivity index (χ4n) is 3.30. The normalized spacial score (nSPS) is 13.1. The molecule has 26 heavy (non-hydrogen) atoms. The van der Waals surface area contributed by atoms with E-state index in [1.54, 1.807) is 11.8 Å². The molecular formula is C23H26N2O. The molecule has 134 valence electrons. The van der Waals surface area contributed by atoms with Crippen molar-refractivity contribution in [3.8, 4) is 11.8 Å². The van der Waals surface area contributed by atoms with Crippen LogP contribution in [0.15, 0.2) is 24.4 Å². The third-order valence-corrected chi connectivity index (χ3v) is 5.01. The second kappa shape index (κ2) is 7.33. The fourth-order valence-corrected chi connectivity index (χ4v) is 3.30. The van der Waals surface area contributed by atoms with E-state index in [4.69, 9.17) is 0 Å². The number of carbonyl (C=O) groups excluding carboxylic acids is 1. The van der Waals surface area contributed by atoms with E-state index in [1.807, 2.05) is 13.1 Å². The Balaban J connectivity index is 2.25. The van der Waals surface area contributed by atoms with Gasteiger partial charge in [-0.2, -0.15) is 0 Å². The second-order valence-electron chi connectivity index (χ2n) is 7.13. The molecule has 1 aliphatic rings. The van der Waals surface area contributed by atoms with E-state index in [-0.39, 0.29) is 5.91 Å². The summed E-state index contributed by atoms with van der Waals surface area (Å²) in [7, 11) is 0. The highest BCUT2D eigenvalue weighted by Gasteiger charge is 2.31. The summed E-state index contributed by atoms with van der Waals surface area (Å²) in [4.78, 5) is 19.4. The molecule has 0 radical (unpaired) electrons. The number of aryl methyl sites for hydroxylation is 4. The van der Waals surface area contributed by atoms with Crippen molar-refractivity contribution < 1.29 is 4.79 Å². The zero-order valence-corrected chi connectivity index (χ0v) is 16.3. The summed E-state index contributed by atoms with van der Waals surface area (Å²) >= 11 is 0. The number of nitrogens with zero attached hydrogens (tertiary/aromatic N) is 2. The zero-order valence-electron chi connectivity index (χ0n) is 16.3. The van der Waals surface area contributed by atoms with E-state index >= 15 is 0 Å². The molecule has 1 heterocycles. The molecule has 1 saturated carbocycles. The molecule has 0 saturated heterocycles. The van der Waals surface area contributed by atoms with Gasteiger partial charge in [0.25, 0.3) is 0 Å². The van der Waals surface area contributed by atoms with Gasteiger partial charge in [-0.25, -0.2) is 4.98 Å². The number of pyridine rings is 1. The molecule has 1 aromatic heterocycles. The van der Waals surface area contributed by atoms with Crippen LogP contribution >= 0.6 is 0 Å². The number of anilines is 2. The van der Waals surface area contributed by atoms with E-state index in [1.165, 1.54) is 29.5 Å². The van der Waals surface area contributed by atoms with Gasteiger partial charge in [-0.1, -0.05) is 25.0 Å². The molecule has 3 nitrogen and oxygen atoms in total. The maximum absolute atomic E-state index is 13.0. The van der Waals surface area contributed by atoms with Gasteiger partial charge in [0, 0.05) is 6.20 Å². The van der Waals surface area contributed by atoms with Crippen LogP contribution in [0.25, 0.3) is 0 Å². The number of aromatic nitrogens is 1. The topological polar surface area (TPSA) is 33.2 Å². The molecule has 3 heteroatoms. The molecule has 0 unspecified atom stereocenters. The molecule has 2 aromatic rings. The van der Waals surface area contributed by atoms with Crippen molar-refractivity contribution in [2.75, 3.05) is 4.90 Å². The minimum Gasteiger partial charge on any atom is -0.258 e. The lowest BCUT2D eigenvalue weighted by molar-refractivity contribution is -0.112. The summed E-state index contributed by atoms with van der Waals surface area (Å²) < 4.78 is 0. The summed E-state index contributed by atoms with van der Waals surface area (Å²) in [6, 6.07) is 6.47. The lowest BCUT2D eigenvalue weighted by atomic mass is 9.99. The molecule has 0 aliphatic heterocycles. The molecule has 0 atom stereocenters. The summed E-state index contributed by atoms with van der Waals surface area (Å²) in [5.74, 6) is 6.50. The highest BCUT2D eigenvalue weighted by molar-refractivity contribution is 6.11. The summed E-state index contributed by atoms with van der Waals surface area (Å²) in [5, 5.41) is 0. The smallest absolute Gasteiger partial charge is 0.258 e. The minimum absolute atomic E-state index is 0.219. The number of carbonyl (C=O) groups is 1. The number of rotatable bonds is 4. The van der Waals surface area contributed by atoms with Crippen LogP contribution in [0.2, 0.25) is 0 Å². The molecule has 1 amide bonds. The average Bonchev–Trinajstić information content (AvgIpc) is 3.44. The number of hydrogen-bond acceptors (Lipinski definition) is 2. The Morgan fingerprint density at radius 2 is 1.88 bits per heavy atom. The van der Waals surface area contributed by atoms with Crippen molar-refractivity contribution in [3.05, 3.63) is 52.2 Å². The van der Waals surface area contributed by atoms with Crippen molar-refractivity contribution in [3.63, 3.8) is 0 Å². The van der Waals surface area contributed by atoms with Crippen LogP contribution < -0.4 is 4.90 Å². The molecule has 1 fully saturated rings. The molecule has 1 aliphatic carbocycles. The predicted molar refractivity (Wildman–Crippen MR) is 107 cm³/mol. The van der Waals surface area contributed by atoms with Gasteiger partial charge in [0.2, 0.25) is 0 Å². The first-order chi connectivity index (χ1) is 12.5. The molecular weight excluding hydrogens is 320 g/mol. The van der Waals surface area contributed by atoms with Gasteiger partial charge >= 0.3 is 5.91 Å². The quantitative estimate of drug-likeness (QED) is 0.719. The first kappa shape index (κ1) is 18.2. The van der Waals surface area contributed by atoms with E-state index < -0.39 is 0 Å². The van der Waals surface area contributed by atoms with Gasteiger partial charge in [0.15, 0.2) is 0 Å². The maximum Gasteiger partial charge on any atom is 0.308 e. The first-order valence-electron chi connectivity index (χ1n) is 9.29. The van der Waals surface area contributed by atoms with E-state index in [2.05, 4.69) is 55.8 Å². The minimum atomic E-state index is -0.219. The van der Waals surface area contributed by atoms with Crippen LogP contribution in [0.1, 0.15) is 60.4 Å². The van der Waals surface area contributed by atoms with Crippen molar-refractivity contribution in [2.24, 2.45) is 0 Å². The van der Waals surface area contributed by atoms with E-state index in [0.717, 1.165) is 23.2 Å². The number of hydrogen-bond donors (Lipinski definition) is 0. The van der Waals surface area contributed by atoms with Crippen LogP contribution in [-0.2, 0) is 11.2 Å². The zero-order chi connectivity index (χ0) is 18.8. The lowest BCUT2D eigenvalue weighted by Gasteiger charge is -2.26. The van der Waals surface area contributed by atoms with Crippen LogP contribution in [0, 0.1) is 32.6 Å². The molecule has 0 bridgehead atoms. The second-order valence-corrected chi connectivity index (χ2v) is 7.13. The van der Waals surface area contributed by atoms with Gasteiger partial charge in [0.05, 0.1) is 5.69 Å². The molecule has 0 N–H and O–H groups in total. The van der Waals surface area contributed by atoms with Crippen molar-refractivity contribution in [1.29, 1.82) is 0 Å². The Morgan fingerprint density at radius 3 is 2.50 bits per heavy atom. The summed E-state index contributed by atoms with van der Waals surface area (Å²) in [6.07, 6.45) is 5.00. The van der Waals surface area contributed by atoms with E-state index in [9.17, 15) is 4.79 Å². The molecule has 1 aromatic carbocycles. The van der Waals surface area contributed by atoms with Crippen molar-refractivity contribution >= 4 is 17.4 Å². The molecule has 0 spiro atoms. The Bertz CT molecular complexity index is 914. The van der Waals surface area contributed by atoms with Gasteiger partial charge < -0.3 is 0 Å². The monoisotopic (exact) mass is 346 g/mol. The Morgan fingerprint density at radius 1 is 1.19 bits per heavy atom. The first-order valence-corrected chi connectivity index (χ1v) is 9.29. The Labute approximate surface area is 156 Å². The van der Waals surface area contributed by atoms with Crippen LogP contribution in [0.5, 0.6) is 0 Å². The van der Waals surface area contributed by atoms with Gasteiger partial charge in [-0.3, -0.25) is 9.69 Å². The third kappa shape index (κ3) is 3.51. The van der Waals surface area contributed by atoms with Crippen molar-refractivity contribution in [1.82, 2.24) is 4.98 Å². The van der Waals surface area contributed by atoms with E-state index in [0.29, 0.717) is 11.7 Å². The number of benzene rings is 1. The van der Waals surface area contributed by atoms with Crippen LogP contribution in [0.3, 0.4) is 0 Å². The third-order valence-electron chi connectivity index (χ3n) is 5.01. The summed E-state index contributed by atoms with van der Waals surface area (Å²) in [5.41, 5.74) is 6.78. The summed E-state index contributed by atoms with van der Waals surface area (Å²) in [6.45, 7) is 10.0. The predicted octanol–water partition coefficient (Wildman–Crippen LogP) is 5.13. The maximum atomic E-state index is 13.0. The van der Waals surface area contributed by atoms with Gasteiger partial charge in [0.1, 0.15) is 5.82 Å². The molecule has 3 rings (SSSR count). The lowest BCUT2D eigenvalue weighted by Crippen LogP contribution is -2.27. The largest absolute Gasteiger partial charge is 0.308 e. The Hall–Kier alpha value is -2.60. The average molecular weight is 346 g/mol. The SMILES string of the molecule is CC#CC(=O)N(c1cc(C)c(C)cc1C1CC1)c1ncc(C)cc1CC. The van der Waals surface area contributed by atoms with Gasteiger partial charge in [-0.05, 0) is 92.7 Å².